The first-order valence-corrected chi connectivity index (χ1v) is 8.05. The monoisotopic (exact) mass is 346 g/mol. The van der Waals surface area contributed by atoms with Crippen LogP contribution in [-0.2, 0) is 15.8 Å². The van der Waals surface area contributed by atoms with Gasteiger partial charge in [-0.15, -0.1) is 0 Å². The van der Waals surface area contributed by atoms with Gasteiger partial charge in [-0.05, 0) is 41.7 Å². The van der Waals surface area contributed by atoms with Gasteiger partial charge in [0.15, 0.2) is 0 Å². The fraction of sp³-hybridized carbons (Fsp3) is 0.300. The zero-order chi connectivity index (χ0) is 18.2. The van der Waals surface area contributed by atoms with Crippen molar-refractivity contribution in [3.05, 3.63) is 59.2 Å². The van der Waals surface area contributed by atoms with Crippen LogP contribution in [0.15, 0.2) is 42.5 Å². The summed E-state index contributed by atoms with van der Waals surface area (Å²) in [4.78, 5) is 23.4. The van der Waals surface area contributed by atoms with Crippen LogP contribution in [0.2, 0.25) is 0 Å². The molecule has 0 heterocycles. The first-order valence-electron chi connectivity index (χ1n) is 8.05. The summed E-state index contributed by atoms with van der Waals surface area (Å²) < 4.78 is 38.8. The summed E-state index contributed by atoms with van der Waals surface area (Å²) in [6.45, 7) is 1.85. The maximum Gasteiger partial charge on any atom is 0.416 e. The van der Waals surface area contributed by atoms with E-state index in [0.29, 0.717) is 24.0 Å². The molecule has 1 saturated carbocycles. The summed E-state index contributed by atoms with van der Waals surface area (Å²) >= 11 is 0. The number of alkyl halides is 3. The number of halogens is 3. The van der Waals surface area contributed by atoms with Crippen LogP contribution in [0.25, 0.3) is 11.1 Å². The minimum atomic E-state index is -4.40. The molecular formula is C20H17F3O2. The standard InChI is InChI=1S/C20H17F3O2/c1-12-5-14(13-3-2-4-17(8-13)20(21,22)23)7-15(6-12)16-9-18(24)11-19(25)10-16/h2-8,16H,9-11H2,1H3. The topological polar surface area (TPSA) is 34.1 Å². The van der Waals surface area contributed by atoms with Gasteiger partial charge >= 0.3 is 6.18 Å². The highest BCUT2D eigenvalue weighted by atomic mass is 19.4. The molecule has 0 radical (unpaired) electrons. The molecule has 130 valence electrons. The molecule has 0 saturated heterocycles. The van der Waals surface area contributed by atoms with Gasteiger partial charge in [0.2, 0.25) is 0 Å². The maximum atomic E-state index is 12.9. The lowest BCUT2D eigenvalue weighted by molar-refractivity contribution is -0.137. The summed E-state index contributed by atoms with van der Waals surface area (Å²) in [7, 11) is 0. The normalized spacial score (nSPS) is 16.3. The number of benzene rings is 2. The van der Waals surface area contributed by atoms with Crippen LogP contribution in [0.3, 0.4) is 0 Å². The van der Waals surface area contributed by atoms with E-state index >= 15 is 0 Å². The van der Waals surface area contributed by atoms with Crippen molar-refractivity contribution in [3.63, 3.8) is 0 Å². The molecule has 0 aromatic heterocycles. The van der Waals surface area contributed by atoms with Gasteiger partial charge in [-0.2, -0.15) is 13.2 Å². The van der Waals surface area contributed by atoms with Crippen molar-refractivity contribution in [2.45, 2.75) is 38.3 Å². The highest BCUT2D eigenvalue weighted by Gasteiger charge is 2.31. The van der Waals surface area contributed by atoms with Crippen LogP contribution in [0.1, 0.15) is 41.9 Å². The zero-order valence-electron chi connectivity index (χ0n) is 13.7. The number of aryl methyl sites for hydroxylation is 1. The number of hydrogen-bond donors (Lipinski definition) is 0. The van der Waals surface area contributed by atoms with Crippen molar-refractivity contribution < 1.29 is 22.8 Å². The summed E-state index contributed by atoms with van der Waals surface area (Å²) in [5, 5.41) is 0. The Labute approximate surface area is 143 Å². The van der Waals surface area contributed by atoms with E-state index in [4.69, 9.17) is 0 Å². The van der Waals surface area contributed by atoms with Crippen LogP contribution < -0.4 is 0 Å². The van der Waals surface area contributed by atoms with Gasteiger partial charge in [0.1, 0.15) is 11.6 Å². The van der Waals surface area contributed by atoms with E-state index < -0.39 is 11.7 Å². The molecule has 25 heavy (non-hydrogen) atoms. The molecule has 5 heteroatoms. The summed E-state index contributed by atoms with van der Waals surface area (Å²) in [6, 6.07) is 10.7. The molecule has 1 aliphatic rings. The second-order valence-electron chi connectivity index (χ2n) is 6.57. The predicted molar refractivity (Wildman–Crippen MR) is 88.2 cm³/mol. The van der Waals surface area contributed by atoms with Crippen LogP contribution in [0, 0.1) is 6.92 Å². The van der Waals surface area contributed by atoms with Crippen molar-refractivity contribution in [2.75, 3.05) is 0 Å². The SMILES string of the molecule is Cc1cc(-c2cccc(C(F)(F)F)c2)cc(C2CC(=O)CC(=O)C2)c1. The van der Waals surface area contributed by atoms with Gasteiger partial charge in [0, 0.05) is 12.8 Å². The van der Waals surface area contributed by atoms with Crippen LogP contribution >= 0.6 is 0 Å². The van der Waals surface area contributed by atoms with Crippen molar-refractivity contribution in [1.29, 1.82) is 0 Å². The number of rotatable bonds is 2. The lowest BCUT2D eigenvalue weighted by atomic mass is 9.81. The summed E-state index contributed by atoms with van der Waals surface area (Å²) in [5.41, 5.74) is 2.14. The minimum Gasteiger partial charge on any atom is -0.299 e. The van der Waals surface area contributed by atoms with Crippen molar-refractivity contribution in [1.82, 2.24) is 0 Å². The molecule has 2 nitrogen and oxygen atoms in total. The number of ketones is 2. The van der Waals surface area contributed by atoms with Gasteiger partial charge < -0.3 is 0 Å². The molecule has 0 aliphatic heterocycles. The fourth-order valence-electron chi connectivity index (χ4n) is 3.31. The largest absolute Gasteiger partial charge is 0.416 e. The Bertz CT molecular complexity index is 821. The number of Topliss-reactive ketones (excluding diaryl/α,β-unsaturated/α-hetero) is 2. The lowest BCUT2D eigenvalue weighted by Gasteiger charge is -2.21. The molecular weight excluding hydrogens is 329 g/mol. The molecule has 3 rings (SSSR count). The van der Waals surface area contributed by atoms with Crippen molar-refractivity contribution in [2.24, 2.45) is 0 Å². The minimum absolute atomic E-state index is 0.0111. The van der Waals surface area contributed by atoms with E-state index in [1.54, 1.807) is 12.1 Å². The number of carbonyl (C=O) groups excluding carboxylic acids is 2. The van der Waals surface area contributed by atoms with E-state index in [0.717, 1.165) is 23.3 Å². The Morgan fingerprint density at radius 2 is 1.60 bits per heavy atom. The van der Waals surface area contributed by atoms with Crippen molar-refractivity contribution >= 4 is 11.6 Å². The molecule has 2 aromatic rings. The Balaban J connectivity index is 2.00. The van der Waals surface area contributed by atoms with E-state index in [9.17, 15) is 22.8 Å². The number of hydrogen-bond acceptors (Lipinski definition) is 2. The van der Waals surface area contributed by atoms with E-state index in [-0.39, 0.29) is 23.9 Å². The highest BCUT2D eigenvalue weighted by molar-refractivity contribution is 6.02. The Kier molecular flexibility index (Phi) is 4.50. The third-order valence-corrected chi connectivity index (χ3v) is 4.44. The van der Waals surface area contributed by atoms with Gasteiger partial charge in [0.25, 0.3) is 0 Å². The maximum absolute atomic E-state index is 12.9. The first-order chi connectivity index (χ1) is 11.7. The van der Waals surface area contributed by atoms with Crippen molar-refractivity contribution in [3.8, 4) is 11.1 Å². The van der Waals surface area contributed by atoms with Gasteiger partial charge in [-0.3, -0.25) is 9.59 Å². The Morgan fingerprint density at radius 3 is 2.24 bits per heavy atom. The molecule has 0 spiro atoms. The molecule has 0 N–H and O–H groups in total. The quantitative estimate of drug-likeness (QED) is 0.710. The summed E-state index contributed by atoms with van der Waals surface area (Å²) in [6.07, 6.45) is -3.80. The lowest BCUT2D eigenvalue weighted by Crippen LogP contribution is -2.21. The average molecular weight is 346 g/mol. The second kappa shape index (κ2) is 6.47. The first kappa shape index (κ1) is 17.4. The molecule has 1 aliphatic carbocycles. The van der Waals surface area contributed by atoms with Crippen LogP contribution in [0.5, 0.6) is 0 Å². The fourth-order valence-corrected chi connectivity index (χ4v) is 3.31. The van der Waals surface area contributed by atoms with Crippen LogP contribution in [-0.4, -0.2) is 11.6 Å². The third-order valence-electron chi connectivity index (χ3n) is 4.44. The highest BCUT2D eigenvalue weighted by Crippen LogP contribution is 2.35. The molecule has 0 atom stereocenters. The van der Waals surface area contributed by atoms with E-state index in [2.05, 4.69) is 0 Å². The smallest absolute Gasteiger partial charge is 0.299 e. The van der Waals surface area contributed by atoms with Crippen LogP contribution in [0.4, 0.5) is 13.2 Å². The Morgan fingerprint density at radius 1 is 0.920 bits per heavy atom. The second-order valence-corrected chi connectivity index (χ2v) is 6.57. The average Bonchev–Trinajstić information content (AvgIpc) is 2.53. The number of carbonyl (C=O) groups is 2. The Hall–Kier alpha value is -2.43. The predicted octanol–water partition coefficient (Wildman–Crippen LogP) is 5.09. The third kappa shape index (κ3) is 3.98. The molecule has 1 fully saturated rings. The van der Waals surface area contributed by atoms with E-state index in [1.807, 2.05) is 19.1 Å². The molecule has 0 amide bonds. The van der Waals surface area contributed by atoms with Gasteiger partial charge in [-0.1, -0.05) is 35.9 Å². The van der Waals surface area contributed by atoms with E-state index in [1.165, 1.54) is 6.07 Å². The molecule has 2 aromatic carbocycles. The van der Waals surface area contributed by atoms with Gasteiger partial charge in [-0.25, -0.2) is 0 Å². The zero-order valence-corrected chi connectivity index (χ0v) is 13.7. The molecule has 0 bridgehead atoms. The molecule has 0 unspecified atom stereocenters. The summed E-state index contributed by atoms with van der Waals surface area (Å²) in [5.74, 6) is -0.357. The van der Waals surface area contributed by atoms with Gasteiger partial charge in [0.05, 0.1) is 12.0 Å².